The molecule has 0 bridgehead atoms. The van der Waals surface area contributed by atoms with Crippen molar-refractivity contribution in [3.63, 3.8) is 0 Å². The maximum atomic E-state index is 12.8. The standard InChI is InChI=1S/C14H23N3O/c1-7-10(12(3,4)9-15)11(18)13(5,6)14(8-2)16-17-14/h10H,7-8H2,1-6H3. The topological polar surface area (TPSA) is 65.6 Å². The predicted octanol–water partition coefficient (Wildman–Crippen LogP) is 3.73. The Balaban J connectivity index is 3.03. The molecule has 0 amide bonds. The molecule has 0 fully saturated rings. The molecule has 0 spiro atoms. The molecule has 1 aliphatic heterocycles. The Morgan fingerprint density at radius 1 is 1.28 bits per heavy atom. The van der Waals surface area contributed by atoms with Gasteiger partial charge >= 0.3 is 0 Å². The van der Waals surface area contributed by atoms with Gasteiger partial charge in [0.05, 0.1) is 16.9 Å². The quantitative estimate of drug-likeness (QED) is 0.719. The second-order valence-electron chi connectivity index (χ2n) is 6.15. The van der Waals surface area contributed by atoms with Gasteiger partial charge in [0, 0.05) is 5.92 Å². The minimum absolute atomic E-state index is 0.100. The number of nitrogens with zero attached hydrogens (tertiary/aromatic N) is 3. The monoisotopic (exact) mass is 249 g/mol. The van der Waals surface area contributed by atoms with E-state index in [0.717, 1.165) is 6.42 Å². The molecule has 0 radical (unpaired) electrons. The minimum atomic E-state index is -0.646. The van der Waals surface area contributed by atoms with E-state index in [2.05, 4.69) is 16.3 Å². The van der Waals surface area contributed by atoms with E-state index in [-0.39, 0.29) is 11.7 Å². The van der Waals surface area contributed by atoms with Crippen LogP contribution in [0.1, 0.15) is 54.4 Å². The smallest absolute Gasteiger partial charge is 0.202 e. The van der Waals surface area contributed by atoms with Crippen molar-refractivity contribution in [2.75, 3.05) is 0 Å². The summed E-state index contributed by atoms with van der Waals surface area (Å²) in [4.78, 5) is 12.8. The lowest BCUT2D eigenvalue weighted by atomic mass is 9.65. The zero-order chi connectivity index (χ0) is 14.2. The van der Waals surface area contributed by atoms with Gasteiger partial charge in [0.15, 0.2) is 0 Å². The fourth-order valence-electron chi connectivity index (χ4n) is 2.63. The van der Waals surface area contributed by atoms with Crippen LogP contribution in [-0.4, -0.2) is 11.4 Å². The number of rotatable bonds is 6. The fourth-order valence-corrected chi connectivity index (χ4v) is 2.63. The first kappa shape index (κ1) is 14.8. The summed E-state index contributed by atoms with van der Waals surface area (Å²) in [6, 6.07) is 2.25. The fraction of sp³-hybridized carbons (Fsp3) is 0.857. The van der Waals surface area contributed by atoms with E-state index in [1.165, 1.54) is 0 Å². The van der Waals surface area contributed by atoms with Gasteiger partial charge in [-0.3, -0.25) is 4.79 Å². The van der Waals surface area contributed by atoms with Crippen molar-refractivity contribution >= 4 is 5.78 Å². The molecule has 0 saturated heterocycles. The van der Waals surface area contributed by atoms with Crippen molar-refractivity contribution in [2.24, 2.45) is 27.0 Å². The lowest BCUT2D eigenvalue weighted by Crippen LogP contribution is -2.46. The van der Waals surface area contributed by atoms with E-state index in [1.54, 1.807) is 0 Å². The molecule has 0 N–H and O–H groups in total. The van der Waals surface area contributed by atoms with Crippen LogP contribution in [0.3, 0.4) is 0 Å². The Hall–Kier alpha value is -1.24. The average molecular weight is 249 g/mol. The second kappa shape index (κ2) is 4.46. The van der Waals surface area contributed by atoms with E-state index in [4.69, 9.17) is 0 Å². The molecule has 1 unspecified atom stereocenters. The van der Waals surface area contributed by atoms with Crippen LogP contribution in [0.2, 0.25) is 0 Å². The summed E-state index contributed by atoms with van der Waals surface area (Å²) < 4.78 is 0. The molecule has 4 heteroatoms. The van der Waals surface area contributed by atoms with Gasteiger partial charge in [0.2, 0.25) is 5.66 Å². The summed E-state index contributed by atoms with van der Waals surface area (Å²) in [6.07, 6.45) is 1.40. The van der Waals surface area contributed by atoms with Crippen molar-refractivity contribution in [1.82, 2.24) is 0 Å². The Labute approximate surface area is 109 Å². The largest absolute Gasteiger partial charge is 0.299 e. The molecule has 0 saturated carbocycles. The molecule has 0 aromatic rings. The predicted molar refractivity (Wildman–Crippen MR) is 69.8 cm³/mol. The number of Topliss-reactive ketones (excluding diaryl/α,β-unsaturated/α-hetero) is 1. The maximum absolute atomic E-state index is 12.8. The normalized spacial score (nSPS) is 19.2. The van der Waals surface area contributed by atoms with Gasteiger partial charge in [-0.25, -0.2) is 0 Å². The molecule has 0 aliphatic carbocycles. The Morgan fingerprint density at radius 3 is 2.06 bits per heavy atom. The first-order valence-electron chi connectivity index (χ1n) is 6.58. The SMILES string of the molecule is CCC(C(=O)C(C)(C)C1(CC)N=N1)C(C)(C)C#N. The van der Waals surface area contributed by atoms with E-state index in [9.17, 15) is 10.1 Å². The summed E-state index contributed by atoms with van der Waals surface area (Å²) in [7, 11) is 0. The van der Waals surface area contributed by atoms with Crippen LogP contribution in [-0.2, 0) is 4.79 Å². The summed E-state index contributed by atoms with van der Waals surface area (Å²) >= 11 is 0. The zero-order valence-electron chi connectivity index (χ0n) is 12.2. The summed E-state index contributed by atoms with van der Waals surface area (Å²) in [5.74, 6) is -0.171. The molecule has 1 atom stereocenters. The third kappa shape index (κ3) is 2.07. The summed E-state index contributed by atoms with van der Waals surface area (Å²) in [6.45, 7) is 11.4. The number of nitriles is 1. The van der Waals surface area contributed by atoms with Gasteiger partial charge in [-0.05, 0) is 40.5 Å². The molecule has 1 rings (SSSR count). The van der Waals surface area contributed by atoms with Crippen LogP contribution in [0.5, 0.6) is 0 Å². The third-order valence-electron chi connectivity index (χ3n) is 4.34. The molecule has 1 aliphatic rings. The minimum Gasteiger partial charge on any atom is -0.299 e. The average Bonchev–Trinajstić information content (AvgIpc) is 3.10. The van der Waals surface area contributed by atoms with Gasteiger partial charge in [0.25, 0.3) is 0 Å². The lowest BCUT2D eigenvalue weighted by molar-refractivity contribution is -0.136. The van der Waals surface area contributed by atoms with Gasteiger partial charge in [-0.2, -0.15) is 15.5 Å². The van der Waals surface area contributed by atoms with Crippen LogP contribution in [0.25, 0.3) is 0 Å². The van der Waals surface area contributed by atoms with Crippen molar-refractivity contribution < 1.29 is 4.79 Å². The van der Waals surface area contributed by atoms with Crippen molar-refractivity contribution in [2.45, 2.75) is 60.0 Å². The van der Waals surface area contributed by atoms with Crippen LogP contribution in [0.4, 0.5) is 0 Å². The number of hydrogen-bond acceptors (Lipinski definition) is 4. The Kier molecular flexibility index (Phi) is 3.67. The zero-order valence-corrected chi connectivity index (χ0v) is 12.2. The van der Waals surface area contributed by atoms with E-state index < -0.39 is 16.5 Å². The highest BCUT2D eigenvalue weighted by Gasteiger charge is 2.58. The molecule has 18 heavy (non-hydrogen) atoms. The van der Waals surface area contributed by atoms with Gasteiger partial charge in [-0.15, -0.1) is 0 Å². The highest BCUT2D eigenvalue weighted by Crippen LogP contribution is 2.51. The van der Waals surface area contributed by atoms with Crippen LogP contribution in [0.15, 0.2) is 10.2 Å². The van der Waals surface area contributed by atoms with Crippen molar-refractivity contribution in [1.29, 1.82) is 5.26 Å². The highest BCUT2D eigenvalue weighted by atomic mass is 16.1. The van der Waals surface area contributed by atoms with Gasteiger partial charge in [0.1, 0.15) is 5.78 Å². The Morgan fingerprint density at radius 2 is 1.78 bits per heavy atom. The maximum Gasteiger partial charge on any atom is 0.202 e. The number of carbonyl (C=O) groups is 1. The molecular formula is C14H23N3O. The van der Waals surface area contributed by atoms with Crippen molar-refractivity contribution in [3.05, 3.63) is 0 Å². The van der Waals surface area contributed by atoms with Crippen LogP contribution < -0.4 is 0 Å². The molecule has 4 nitrogen and oxygen atoms in total. The number of hydrogen-bond donors (Lipinski definition) is 0. The van der Waals surface area contributed by atoms with Gasteiger partial charge in [-0.1, -0.05) is 13.8 Å². The van der Waals surface area contributed by atoms with E-state index >= 15 is 0 Å². The summed E-state index contributed by atoms with van der Waals surface area (Å²) in [5.41, 5.74) is -1.83. The molecule has 100 valence electrons. The number of ketones is 1. The van der Waals surface area contributed by atoms with E-state index in [1.807, 2.05) is 41.5 Å². The molecule has 0 aromatic carbocycles. The summed E-state index contributed by atoms with van der Waals surface area (Å²) in [5, 5.41) is 17.4. The number of carbonyl (C=O) groups excluding carboxylic acids is 1. The van der Waals surface area contributed by atoms with Gasteiger partial charge < -0.3 is 0 Å². The molecular weight excluding hydrogens is 226 g/mol. The van der Waals surface area contributed by atoms with Crippen LogP contribution in [0, 0.1) is 28.1 Å². The molecule has 0 aromatic heterocycles. The van der Waals surface area contributed by atoms with Crippen LogP contribution >= 0.6 is 0 Å². The molecule has 1 heterocycles. The first-order valence-corrected chi connectivity index (χ1v) is 6.58. The first-order chi connectivity index (χ1) is 8.18. The lowest BCUT2D eigenvalue weighted by Gasteiger charge is -2.35. The van der Waals surface area contributed by atoms with E-state index in [0.29, 0.717) is 6.42 Å². The Bertz CT molecular complexity index is 409. The van der Waals surface area contributed by atoms with Crippen molar-refractivity contribution in [3.8, 4) is 6.07 Å². The third-order valence-corrected chi connectivity index (χ3v) is 4.34. The second-order valence-corrected chi connectivity index (χ2v) is 6.15. The highest BCUT2D eigenvalue weighted by molar-refractivity contribution is 5.89.